The van der Waals surface area contributed by atoms with Crippen LogP contribution in [-0.4, -0.2) is 140 Å². The lowest BCUT2D eigenvalue weighted by atomic mass is 10.0. The van der Waals surface area contributed by atoms with E-state index < -0.39 is 95.9 Å². The highest BCUT2D eigenvalue weighted by Gasteiger charge is 2.44. The van der Waals surface area contributed by atoms with E-state index in [1.165, 1.54) is 20.8 Å². The van der Waals surface area contributed by atoms with Crippen LogP contribution >= 0.6 is 11.8 Å². The summed E-state index contributed by atoms with van der Waals surface area (Å²) in [5.74, 6) is -6.51. The number of aliphatic hydroxyl groups is 2. The molecule has 296 valence electrons. The molecule has 0 spiro atoms. The van der Waals surface area contributed by atoms with E-state index >= 15 is 0 Å². The first kappa shape index (κ1) is 42.0. The minimum absolute atomic E-state index is 0.0255. The van der Waals surface area contributed by atoms with Crippen LogP contribution in [0.3, 0.4) is 0 Å². The molecule has 20 heteroatoms. The van der Waals surface area contributed by atoms with Crippen LogP contribution in [0.1, 0.15) is 45.6 Å². The highest BCUT2D eigenvalue weighted by atomic mass is 32.2. The van der Waals surface area contributed by atoms with Gasteiger partial charge in [-0.3, -0.25) is 28.8 Å². The molecule has 0 radical (unpaired) electrons. The lowest BCUT2D eigenvalue weighted by Gasteiger charge is -2.30. The van der Waals surface area contributed by atoms with Crippen molar-refractivity contribution < 1.29 is 48.9 Å². The Labute approximate surface area is 315 Å². The van der Waals surface area contributed by atoms with Gasteiger partial charge >= 0.3 is 5.97 Å². The number of para-hydroxylation sites is 1. The molecule has 19 nitrogen and oxygen atoms in total. The standard InChI is InChI=1S/C34H49N9O10S/c1-15(36)27(46)39-22-13-19-18-7-4-5-8-20(18)41-32(19)54-14-23(33(51)43-12-10-24(45)26(43)34(52)53)40-31(50)25(17(3)44)42-28(47)16(2)37-29(48)21(9-6-11-35)38-30(22)49/h4-5,7-8,15-17,21-26,41,44-45H,6,9-14,35-36H2,1-3H3,(H,37,48)(H,38,49)(H,39,46)(H,40,50)(H,42,47)(H,52,53)/t15-,16-,17+,21-,22-,23-,24-,25+,26-/m0/s1. The number of amides is 6. The third-order valence-electron chi connectivity index (χ3n) is 9.28. The highest BCUT2D eigenvalue weighted by Crippen LogP contribution is 2.32. The number of carbonyl (C=O) groups excluding carboxylic acids is 6. The monoisotopic (exact) mass is 775 g/mol. The maximum absolute atomic E-state index is 14.0. The van der Waals surface area contributed by atoms with Gasteiger partial charge in [0, 0.05) is 29.6 Å². The Morgan fingerprint density at radius 2 is 1.72 bits per heavy atom. The third-order valence-corrected chi connectivity index (χ3v) is 10.4. The maximum Gasteiger partial charge on any atom is 0.329 e. The molecule has 4 rings (SSSR count). The van der Waals surface area contributed by atoms with Crippen molar-refractivity contribution in [3.05, 3.63) is 29.8 Å². The van der Waals surface area contributed by atoms with E-state index in [0.717, 1.165) is 16.7 Å². The Balaban J connectivity index is 1.83. The van der Waals surface area contributed by atoms with E-state index in [9.17, 15) is 48.9 Å². The van der Waals surface area contributed by atoms with E-state index in [1.807, 2.05) is 0 Å². The molecule has 13 N–H and O–H groups in total. The molecule has 0 bridgehead atoms. The molecule has 2 aromatic rings. The second kappa shape index (κ2) is 18.5. The van der Waals surface area contributed by atoms with Crippen molar-refractivity contribution >= 4 is 64.1 Å². The largest absolute Gasteiger partial charge is 0.480 e. The first-order chi connectivity index (χ1) is 25.5. The summed E-state index contributed by atoms with van der Waals surface area (Å²) in [5.41, 5.74) is 12.7. The fourth-order valence-electron chi connectivity index (χ4n) is 6.27. The number of H-pyrrole nitrogens is 1. The number of hydrogen-bond acceptors (Lipinski definition) is 12. The summed E-state index contributed by atoms with van der Waals surface area (Å²) in [6.07, 6.45) is -2.62. The van der Waals surface area contributed by atoms with Crippen LogP contribution in [0, 0.1) is 0 Å². The molecule has 1 aromatic carbocycles. The number of aliphatic carboxylic acids is 1. The van der Waals surface area contributed by atoms with E-state index in [0.29, 0.717) is 27.9 Å². The summed E-state index contributed by atoms with van der Waals surface area (Å²) >= 11 is 1.05. The van der Waals surface area contributed by atoms with Gasteiger partial charge in [-0.25, -0.2) is 4.79 Å². The van der Waals surface area contributed by atoms with E-state index in [-0.39, 0.29) is 38.1 Å². The minimum atomic E-state index is -1.62. The van der Waals surface area contributed by atoms with Crippen molar-refractivity contribution in [2.75, 3.05) is 18.8 Å². The van der Waals surface area contributed by atoms with Crippen LogP contribution in [0.25, 0.3) is 10.9 Å². The van der Waals surface area contributed by atoms with Crippen molar-refractivity contribution in [2.45, 2.75) is 106 Å². The zero-order valence-corrected chi connectivity index (χ0v) is 31.0. The molecule has 54 heavy (non-hydrogen) atoms. The second-order valence-electron chi connectivity index (χ2n) is 13.5. The van der Waals surface area contributed by atoms with Crippen molar-refractivity contribution in [2.24, 2.45) is 11.5 Å². The first-order valence-electron chi connectivity index (χ1n) is 17.6. The van der Waals surface area contributed by atoms with Gasteiger partial charge in [0.2, 0.25) is 35.4 Å². The molecule has 2 aliphatic rings. The third kappa shape index (κ3) is 10.1. The smallest absolute Gasteiger partial charge is 0.329 e. The fraction of sp³-hybridized carbons (Fsp3) is 0.559. The minimum Gasteiger partial charge on any atom is -0.480 e. The molecule has 6 amide bonds. The molecule has 1 fully saturated rings. The summed E-state index contributed by atoms with van der Waals surface area (Å²) < 4.78 is 0. The molecule has 3 heterocycles. The number of thioether (sulfide) groups is 1. The molecule has 1 saturated heterocycles. The van der Waals surface area contributed by atoms with Crippen LogP contribution in [0.2, 0.25) is 0 Å². The van der Waals surface area contributed by atoms with Gasteiger partial charge in [-0.2, -0.15) is 0 Å². The van der Waals surface area contributed by atoms with Crippen LogP contribution in [0.5, 0.6) is 0 Å². The van der Waals surface area contributed by atoms with Gasteiger partial charge < -0.3 is 63.3 Å². The number of carboxylic acids is 1. The Bertz CT molecular complexity index is 1740. The zero-order valence-electron chi connectivity index (χ0n) is 30.2. The normalized spacial score (nSPS) is 27.3. The number of nitrogens with two attached hydrogens (primary N) is 2. The summed E-state index contributed by atoms with van der Waals surface area (Å²) in [6.45, 7) is 4.05. The number of carboxylic acid groups (broad SMARTS) is 1. The maximum atomic E-state index is 14.0. The molecule has 0 unspecified atom stereocenters. The van der Waals surface area contributed by atoms with Crippen LogP contribution in [0.4, 0.5) is 0 Å². The number of likely N-dealkylation sites (tertiary alicyclic amines) is 1. The van der Waals surface area contributed by atoms with Gasteiger partial charge in [-0.05, 0) is 58.2 Å². The van der Waals surface area contributed by atoms with Crippen molar-refractivity contribution in [1.29, 1.82) is 0 Å². The zero-order chi connectivity index (χ0) is 39.9. The molecule has 0 aliphatic carbocycles. The SMILES string of the molecule is C[C@H](N)C(=O)N[C@H]1Cc2c([nH]c3ccccc23)SC[C@@H](C(=O)N2CC[C@H](O)[C@H]2C(=O)O)NC(=O)[C@@H]([C@@H](C)O)NC(=O)[C@H](C)NC(=O)[C@H](CCCN)NC1=O. The lowest BCUT2D eigenvalue weighted by molar-refractivity contribution is -0.152. The summed E-state index contributed by atoms with van der Waals surface area (Å²) in [4.78, 5) is 97.7. The quantitative estimate of drug-likeness (QED) is 0.126. The van der Waals surface area contributed by atoms with E-state index in [1.54, 1.807) is 24.3 Å². The molecular weight excluding hydrogens is 726 g/mol. The average Bonchev–Trinajstić information content (AvgIpc) is 3.68. The molecular formula is C34H49N9O10S. The number of fused-ring (bicyclic) bond motifs is 3. The fourth-order valence-corrected chi connectivity index (χ4v) is 7.38. The molecule has 1 aromatic heterocycles. The number of aromatic nitrogens is 1. The van der Waals surface area contributed by atoms with Gasteiger partial charge in [0.15, 0.2) is 6.04 Å². The lowest BCUT2D eigenvalue weighted by Crippen LogP contribution is -2.61. The number of nitrogens with one attached hydrogen (secondary N) is 6. The number of benzene rings is 1. The highest BCUT2D eigenvalue weighted by molar-refractivity contribution is 7.99. The van der Waals surface area contributed by atoms with Gasteiger partial charge in [-0.15, -0.1) is 11.8 Å². The van der Waals surface area contributed by atoms with Gasteiger partial charge in [0.1, 0.15) is 30.2 Å². The molecule has 2 aliphatic heterocycles. The number of aliphatic hydroxyl groups excluding tert-OH is 2. The van der Waals surface area contributed by atoms with Crippen LogP contribution in [0.15, 0.2) is 29.3 Å². The summed E-state index contributed by atoms with van der Waals surface area (Å²) in [6, 6.07) is -2.35. The topological polar surface area (TPSA) is 311 Å². The number of aromatic amines is 1. The predicted octanol–water partition coefficient (Wildman–Crippen LogP) is -3.23. The average molecular weight is 776 g/mol. The number of rotatable bonds is 8. The number of nitrogens with zero attached hydrogens (tertiary/aromatic N) is 1. The van der Waals surface area contributed by atoms with Crippen LogP contribution in [-0.2, 0) is 40.0 Å². The van der Waals surface area contributed by atoms with Gasteiger partial charge in [0.25, 0.3) is 0 Å². The van der Waals surface area contributed by atoms with E-state index in [4.69, 9.17) is 11.5 Å². The van der Waals surface area contributed by atoms with Crippen molar-refractivity contribution in [3.63, 3.8) is 0 Å². The summed E-state index contributed by atoms with van der Waals surface area (Å²) in [7, 11) is 0. The Morgan fingerprint density at radius 1 is 1.02 bits per heavy atom. The van der Waals surface area contributed by atoms with Gasteiger partial charge in [0.05, 0.1) is 23.3 Å². The summed E-state index contributed by atoms with van der Waals surface area (Å²) in [5, 5.41) is 44.6. The second-order valence-corrected chi connectivity index (χ2v) is 14.6. The predicted molar refractivity (Wildman–Crippen MR) is 195 cm³/mol. The van der Waals surface area contributed by atoms with E-state index in [2.05, 4.69) is 31.6 Å². The van der Waals surface area contributed by atoms with Crippen molar-refractivity contribution in [3.8, 4) is 0 Å². The Kier molecular flexibility index (Phi) is 14.4. The van der Waals surface area contributed by atoms with Gasteiger partial charge in [-0.1, -0.05) is 18.2 Å². The van der Waals surface area contributed by atoms with Crippen molar-refractivity contribution in [1.82, 2.24) is 36.5 Å². The molecule has 9 atom stereocenters. The van der Waals surface area contributed by atoms with Crippen LogP contribution < -0.4 is 38.1 Å². The Morgan fingerprint density at radius 3 is 2.37 bits per heavy atom. The first-order valence-corrected chi connectivity index (χ1v) is 18.6. The molecule has 0 saturated carbocycles. The number of carbonyl (C=O) groups is 7. The Hall–Kier alpha value is -4.76. The number of hydrogen-bond donors (Lipinski definition) is 11.